The fourth-order valence-electron chi connectivity index (χ4n) is 14.8. The van der Waals surface area contributed by atoms with Crippen LogP contribution in [0.5, 0.6) is 0 Å². The van der Waals surface area contributed by atoms with Gasteiger partial charge in [0.05, 0.1) is 44.2 Å². The summed E-state index contributed by atoms with van der Waals surface area (Å²) >= 11 is 0. The number of aromatic nitrogens is 3. The van der Waals surface area contributed by atoms with Crippen LogP contribution in [0.3, 0.4) is 0 Å². The number of benzene rings is 13. The molecule has 0 unspecified atom stereocenters. The van der Waals surface area contributed by atoms with Gasteiger partial charge in [-0.1, -0.05) is 176 Å². The molecule has 84 heavy (non-hydrogen) atoms. The average Bonchev–Trinajstić information content (AvgIpc) is 1.58. The highest BCUT2D eigenvalue weighted by atomic mass is 15.2. The van der Waals surface area contributed by atoms with Crippen LogP contribution in [0.4, 0.5) is 34.1 Å². The summed E-state index contributed by atoms with van der Waals surface area (Å²) in [4.78, 5) is 4.93. The van der Waals surface area contributed by atoms with Crippen molar-refractivity contribution in [3.63, 3.8) is 0 Å². The molecule has 16 aromatic rings. The van der Waals surface area contributed by atoms with Crippen LogP contribution >= 0.6 is 0 Å². The van der Waals surface area contributed by atoms with Gasteiger partial charge in [-0.2, -0.15) is 0 Å². The van der Waals surface area contributed by atoms with E-state index in [0.29, 0.717) is 0 Å². The van der Waals surface area contributed by atoms with E-state index in [-0.39, 0.29) is 0 Å². The molecule has 0 saturated heterocycles. The molecule has 5 nitrogen and oxygen atoms in total. The van der Waals surface area contributed by atoms with Crippen LogP contribution in [-0.4, -0.2) is 13.7 Å². The normalized spacial score (nSPS) is 12.9. The molecule has 13 aromatic carbocycles. The van der Waals surface area contributed by atoms with Gasteiger partial charge in [0.15, 0.2) is 0 Å². The third-order valence-electron chi connectivity index (χ3n) is 18.2. The first-order valence-corrected chi connectivity index (χ1v) is 29.0. The van der Waals surface area contributed by atoms with Gasteiger partial charge < -0.3 is 23.5 Å². The number of fused-ring (bicyclic) bond motifs is 18. The summed E-state index contributed by atoms with van der Waals surface area (Å²) in [6.45, 7) is 0. The van der Waals surface area contributed by atoms with Crippen molar-refractivity contribution < 1.29 is 0 Å². The highest BCUT2D eigenvalue weighted by molar-refractivity contribution is 6.14. The van der Waals surface area contributed by atoms with Gasteiger partial charge in [-0.15, -0.1) is 0 Å². The fourth-order valence-corrected chi connectivity index (χ4v) is 14.8. The van der Waals surface area contributed by atoms with Crippen LogP contribution in [0.15, 0.2) is 309 Å². The first-order chi connectivity index (χ1) is 41.7. The molecule has 0 radical (unpaired) electrons. The van der Waals surface area contributed by atoms with Gasteiger partial charge in [0.2, 0.25) is 0 Å². The second-order valence-corrected chi connectivity index (χ2v) is 22.4. The Morgan fingerprint density at radius 2 is 0.595 bits per heavy atom. The summed E-state index contributed by atoms with van der Waals surface area (Å²) in [6, 6.07) is 115. The molecule has 1 spiro atoms. The van der Waals surface area contributed by atoms with Gasteiger partial charge in [-0.3, -0.25) is 0 Å². The average molecular weight is 1070 g/mol. The van der Waals surface area contributed by atoms with Gasteiger partial charge in [0.25, 0.3) is 0 Å². The summed E-state index contributed by atoms with van der Waals surface area (Å²) < 4.78 is 7.34. The van der Waals surface area contributed by atoms with E-state index in [2.05, 4.69) is 333 Å². The van der Waals surface area contributed by atoms with Gasteiger partial charge in [-0.05, 0) is 167 Å². The molecule has 1 aliphatic heterocycles. The molecule has 0 amide bonds. The predicted molar refractivity (Wildman–Crippen MR) is 350 cm³/mol. The van der Waals surface area contributed by atoms with Crippen molar-refractivity contribution in [2.45, 2.75) is 5.41 Å². The topological polar surface area (TPSA) is 21.3 Å². The number of hydrogen-bond acceptors (Lipinski definition) is 2. The zero-order valence-electron chi connectivity index (χ0n) is 45.7. The summed E-state index contributed by atoms with van der Waals surface area (Å²) in [6.07, 6.45) is 0. The van der Waals surface area contributed by atoms with Crippen molar-refractivity contribution in [3.8, 4) is 28.2 Å². The molecule has 4 heterocycles. The largest absolute Gasteiger partial charge is 0.310 e. The second kappa shape index (κ2) is 17.9. The quantitative estimate of drug-likeness (QED) is 0.151. The Morgan fingerprint density at radius 3 is 1.11 bits per heavy atom. The molecule has 5 heteroatoms. The first kappa shape index (κ1) is 46.6. The van der Waals surface area contributed by atoms with E-state index in [9.17, 15) is 0 Å². The Morgan fingerprint density at radius 1 is 0.226 bits per heavy atom. The van der Waals surface area contributed by atoms with Gasteiger partial charge in [-0.25, -0.2) is 0 Å². The highest BCUT2D eigenvalue weighted by Gasteiger charge is 2.51. The van der Waals surface area contributed by atoms with Crippen LogP contribution in [0.2, 0.25) is 0 Å². The predicted octanol–water partition coefficient (Wildman–Crippen LogP) is 20.6. The number of rotatable bonds is 8. The number of para-hydroxylation sites is 9. The molecule has 2 aliphatic rings. The van der Waals surface area contributed by atoms with Crippen molar-refractivity contribution in [2.24, 2.45) is 0 Å². The van der Waals surface area contributed by atoms with Crippen LogP contribution in [0, 0.1) is 0 Å². The van der Waals surface area contributed by atoms with Crippen LogP contribution in [0.1, 0.15) is 22.3 Å². The standard InChI is InChI=1S/C79H51N5/c1-5-22-52(23-6-1)80(56-42-46-75-66(48-56)63-31-14-17-36-72(63)82(75)54-26-9-3-10-27-54)58-40-44-60-61-45-41-59(81(53-24-7-2-8-25-53)57-43-47-76-67(49-57)64-32-15-18-37-73(64)83(76)55-28-11-4-12-29-55)51-71(61)79(70(60)50-58)68-34-16-20-39-77(68)84-74-38-19-13-30-62(74)65-33-21-35-69(79)78(65)84/h1-51H. The first-order valence-electron chi connectivity index (χ1n) is 29.0. The number of hydrogen-bond donors (Lipinski definition) is 0. The van der Waals surface area contributed by atoms with Crippen LogP contribution < -0.4 is 9.80 Å². The fraction of sp³-hybridized carbons (Fsp3) is 0.0127. The third-order valence-corrected chi connectivity index (χ3v) is 18.2. The molecule has 3 aromatic heterocycles. The minimum Gasteiger partial charge on any atom is -0.310 e. The highest BCUT2D eigenvalue weighted by Crippen LogP contribution is 2.63. The SMILES string of the molecule is c1ccc(N(c2ccc3c(c2)C2(c4cc(N(c5ccccc5)c5ccc6c(c5)c5ccccc5n6-c5ccccc5)ccc4-3)c3ccccc3-n3c4ccccc4c4cccc2c43)c2ccc3c(c2)c2ccccc2n3-c2ccccc2)cc1. The summed E-state index contributed by atoms with van der Waals surface area (Å²) in [7, 11) is 0. The van der Waals surface area contributed by atoms with Crippen molar-refractivity contribution in [2.75, 3.05) is 9.80 Å². The Bertz CT molecular complexity index is 5070. The van der Waals surface area contributed by atoms with E-state index in [4.69, 9.17) is 0 Å². The lowest BCUT2D eigenvalue weighted by Crippen LogP contribution is -2.33. The van der Waals surface area contributed by atoms with E-state index < -0.39 is 5.41 Å². The molecule has 0 bridgehead atoms. The van der Waals surface area contributed by atoms with Gasteiger partial charge in [0.1, 0.15) is 0 Å². The zero-order chi connectivity index (χ0) is 55.0. The van der Waals surface area contributed by atoms with E-state index >= 15 is 0 Å². The van der Waals surface area contributed by atoms with E-state index in [1.807, 2.05) is 0 Å². The maximum Gasteiger partial charge on any atom is 0.0756 e. The number of anilines is 6. The van der Waals surface area contributed by atoms with Crippen molar-refractivity contribution in [1.29, 1.82) is 0 Å². The van der Waals surface area contributed by atoms with Gasteiger partial charge >= 0.3 is 0 Å². The monoisotopic (exact) mass is 1070 g/mol. The molecule has 1 aliphatic carbocycles. The second-order valence-electron chi connectivity index (χ2n) is 22.4. The molecular formula is C79H51N5. The Hall–Kier alpha value is -11.1. The third kappa shape index (κ3) is 6.49. The Labute approximate surface area is 485 Å². The maximum atomic E-state index is 2.54. The van der Waals surface area contributed by atoms with Crippen molar-refractivity contribution in [1.82, 2.24) is 13.7 Å². The molecule has 0 atom stereocenters. The van der Waals surface area contributed by atoms with Gasteiger partial charge in [0, 0.05) is 77.8 Å². The molecule has 18 rings (SSSR count). The van der Waals surface area contributed by atoms with E-state index in [0.717, 1.165) is 45.5 Å². The molecule has 0 fully saturated rings. The number of nitrogens with zero attached hydrogens (tertiary/aromatic N) is 5. The summed E-state index contributed by atoms with van der Waals surface area (Å²) in [5.41, 5.74) is 23.9. The lowest BCUT2D eigenvalue weighted by molar-refractivity contribution is 0.748. The van der Waals surface area contributed by atoms with Crippen molar-refractivity contribution in [3.05, 3.63) is 332 Å². The minimum absolute atomic E-state index is 0.748. The molecule has 392 valence electrons. The lowest BCUT2D eigenvalue weighted by Gasteiger charge is -2.40. The summed E-state index contributed by atoms with van der Waals surface area (Å²) in [5, 5.41) is 7.35. The molecule has 0 saturated carbocycles. The van der Waals surface area contributed by atoms with Crippen molar-refractivity contribution >= 4 is 99.5 Å². The smallest absolute Gasteiger partial charge is 0.0756 e. The zero-order valence-corrected chi connectivity index (χ0v) is 45.7. The Kier molecular flexibility index (Phi) is 9.95. The lowest BCUT2D eigenvalue weighted by atomic mass is 9.65. The summed E-state index contributed by atoms with van der Waals surface area (Å²) in [5.74, 6) is 0. The molecular weight excluding hydrogens is 1020 g/mol. The maximum absolute atomic E-state index is 2.54. The molecule has 0 N–H and O–H groups in total. The minimum atomic E-state index is -0.748. The van der Waals surface area contributed by atoms with E-state index in [1.165, 1.54) is 104 Å². The van der Waals surface area contributed by atoms with Crippen LogP contribution in [-0.2, 0) is 5.41 Å². The van der Waals surface area contributed by atoms with Crippen LogP contribution in [0.25, 0.3) is 93.6 Å². The van der Waals surface area contributed by atoms with E-state index in [1.54, 1.807) is 0 Å². The Balaban J connectivity index is 0.896.